The van der Waals surface area contributed by atoms with Gasteiger partial charge in [-0.25, -0.2) is 0 Å². The van der Waals surface area contributed by atoms with Gasteiger partial charge in [-0.3, -0.25) is 19.7 Å². The molecule has 2 amide bonds. The van der Waals surface area contributed by atoms with Crippen molar-refractivity contribution in [2.45, 2.75) is 38.8 Å². The number of rotatable bonds is 7. The minimum Gasteiger partial charge on any atom is -0.497 e. The molecule has 1 aromatic heterocycles. The van der Waals surface area contributed by atoms with E-state index < -0.39 is 10.5 Å². The quantitative estimate of drug-likeness (QED) is 0.228. The van der Waals surface area contributed by atoms with E-state index in [1.165, 1.54) is 23.1 Å². The predicted molar refractivity (Wildman–Crippen MR) is 148 cm³/mol. The number of carbonyl (C=O) groups is 2. The monoisotopic (exact) mass is 533 g/mol. The van der Waals surface area contributed by atoms with Gasteiger partial charge < -0.3 is 14.5 Å². The molecule has 4 rings (SSSR count). The van der Waals surface area contributed by atoms with E-state index in [-0.39, 0.29) is 30.1 Å². The van der Waals surface area contributed by atoms with Gasteiger partial charge >= 0.3 is 0 Å². The van der Waals surface area contributed by atoms with Gasteiger partial charge in [0.2, 0.25) is 11.8 Å². The number of nitro groups is 1. The number of ether oxygens (including phenoxy) is 1. The Morgan fingerprint density at radius 3 is 2.42 bits per heavy atom. The lowest BCUT2D eigenvalue weighted by molar-refractivity contribution is -0.384. The number of carbonyl (C=O) groups excluding carboxylic acids is 2. The summed E-state index contributed by atoms with van der Waals surface area (Å²) in [5, 5.41) is 13.0. The molecule has 0 saturated heterocycles. The molecule has 1 atom stereocenters. The van der Waals surface area contributed by atoms with Gasteiger partial charge in [-0.2, -0.15) is 0 Å². The molecule has 1 aliphatic rings. The van der Waals surface area contributed by atoms with Crippen molar-refractivity contribution >= 4 is 34.9 Å². The maximum atomic E-state index is 13.8. The molecule has 198 valence electrons. The number of hydrogen-bond donors (Lipinski definition) is 0. The van der Waals surface area contributed by atoms with E-state index in [1.54, 1.807) is 41.6 Å². The zero-order valence-electron chi connectivity index (χ0n) is 21.9. The van der Waals surface area contributed by atoms with Gasteiger partial charge in [0.15, 0.2) is 0 Å². The number of nitro benzene ring substituents is 1. The van der Waals surface area contributed by atoms with Crippen LogP contribution in [0.1, 0.15) is 48.4 Å². The molecule has 3 aromatic rings. The molecule has 0 bridgehead atoms. The van der Waals surface area contributed by atoms with Crippen LogP contribution in [0.4, 0.5) is 5.69 Å². The number of hydrogen-bond acceptors (Lipinski definition) is 6. The number of methoxy groups -OCH3 is 1. The van der Waals surface area contributed by atoms with Crippen LogP contribution in [0, 0.1) is 10.1 Å². The highest BCUT2D eigenvalue weighted by Gasteiger charge is 2.35. The van der Waals surface area contributed by atoms with Crippen molar-refractivity contribution in [2.24, 2.45) is 0 Å². The van der Waals surface area contributed by atoms with Gasteiger partial charge in [-0.15, -0.1) is 11.3 Å². The van der Waals surface area contributed by atoms with Crippen LogP contribution in [0.5, 0.6) is 5.75 Å². The fourth-order valence-electron chi connectivity index (χ4n) is 4.57. The minimum atomic E-state index is -0.606. The maximum absolute atomic E-state index is 13.8. The summed E-state index contributed by atoms with van der Waals surface area (Å²) in [5.41, 5.74) is 2.14. The van der Waals surface area contributed by atoms with E-state index in [0.717, 1.165) is 23.3 Å². The smallest absolute Gasteiger partial charge is 0.269 e. The number of nitrogens with zero attached hydrogens (tertiary/aromatic N) is 3. The highest BCUT2D eigenvalue weighted by Crippen LogP contribution is 2.38. The normalized spacial score (nSPS) is 15.3. The highest BCUT2D eigenvalue weighted by atomic mass is 32.1. The fourth-order valence-corrected chi connectivity index (χ4v) is 5.47. The van der Waals surface area contributed by atoms with E-state index in [2.05, 4.69) is 11.4 Å². The maximum Gasteiger partial charge on any atom is 0.269 e. The van der Waals surface area contributed by atoms with Crippen LogP contribution in [0.15, 0.2) is 66.1 Å². The Bertz CT molecular complexity index is 1340. The van der Waals surface area contributed by atoms with E-state index >= 15 is 0 Å². The van der Waals surface area contributed by atoms with Crippen LogP contribution >= 0.6 is 11.3 Å². The standard InChI is InChI=1S/C29H31N3O5S/c1-29(2,3)31(26(33)14-7-20-5-10-22(11-6-20)32(35)36)19-27(34)30-17-15-25-24(16-18-38-25)28(30)21-8-12-23(37-4)13-9-21/h5-14,16,18,28H,15,17,19H2,1-4H3/b14-7+/t28-/m1/s1. The molecule has 0 unspecified atom stereocenters. The molecule has 9 heteroatoms. The van der Waals surface area contributed by atoms with Crippen molar-refractivity contribution in [3.05, 3.63) is 97.7 Å². The molecule has 2 aromatic carbocycles. The van der Waals surface area contributed by atoms with Crippen LogP contribution in [0.25, 0.3) is 6.08 Å². The lowest BCUT2D eigenvalue weighted by atomic mass is 9.93. The summed E-state index contributed by atoms with van der Waals surface area (Å²) in [6, 6.07) is 15.5. The van der Waals surface area contributed by atoms with Gasteiger partial charge in [-0.05, 0) is 85.7 Å². The lowest BCUT2D eigenvalue weighted by Gasteiger charge is -2.40. The number of thiophene rings is 1. The van der Waals surface area contributed by atoms with Gasteiger partial charge in [0, 0.05) is 35.2 Å². The summed E-state index contributed by atoms with van der Waals surface area (Å²) in [6.45, 7) is 6.18. The molecule has 0 N–H and O–H groups in total. The summed E-state index contributed by atoms with van der Waals surface area (Å²) in [7, 11) is 1.62. The van der Waals surface area contributed by atoms with Crippen LogP contribution in [-0.4, -0.2) is 52.3 Å². The number of fused-ring (bicyclic) bond motifs is 1. The summed E-state index contributed by atoms with van der Waals surface area (Å²) in [5.74, 6) is 0.311. The zero-order valence-corrected chi connectivity index (χ0v) is 22.7. The first-order chi connectivity index (χ1) is 18.1. The molecule has 0 saturated carbocycles. The van der Waals surface area contributed by atoms with E-state index in [0.29, 0.717) is 12.1 Å². The molecule has 0 fully saturated rings. The minimum absolute atomic E-state index is 0.0166. The van der Waals surface area contributed by atoms with Gasteiger partial charge in [0.1, 0.15) is 12.3 Å². The Kier molecular flexibility index (Phi) is 7.97. The molecule has 0 spiro atoms. The third kappa shape index (κ3) is 5.94. The molecule has 1 aliphatic heterocycles. The first-order valence-corrected chi connectivity index (χ1v) is 13.2. The van der Waals surface area contributed by atoms with E-state index in [4.69, 9.17) is 4.74 Å². The van der Waals surface area contributed by atoms with Crippen molar-refractivity contribution in [1.82, 2.24) is 9.80 Å². The number of amides is 2. The SMILES string of the molecule is COc1ccc([C@@H]2c3ccsc3CCN2C(=O)CN(C(=O)/C=C/c2ccc([N+](=O)[O-])cc2)C(C)(C)C)cc1. The second-order valence-corrected chi connectivity index (χ2v) is 11.1. The second-order valence-electron chi connectivity index (χ2n) is 10.1. The third-order valence-corrected chi connectivity index (χ3v) is 7.61. The van der Waals surface area contributed by atoms with Crippen molar-refractivity contribution in [2.75, 3.05) is 20.2 Å². The largest absolute Gasteiger partial charge is 0.497 e. The average Bonchev–Trinajstić information content (AvgIpc) is 3.38. The van der Waals surface area contributed by atoms with Crippen LogP contribution in [0.3, 0.4) is 0 Å². The molecule has 0 aliphatic carbocycles. The number of benzene rings is 2. The molecule has 0 radical (unpaired) electrons. The van der Waals surface area contributed by atoms with Gasteiger partial charge in [0.25, 0.3) is 5.69 Å². The Hall–Kier alpha value is -3.98. The van der Waals surface area contributed by atoms with Crippen LogP contribution in [0.2, 0.25) is 0 Å². The number of non-ortho nitro benzene ring substituents is 1. The van der Waals surface area contributed by atoms with Crippen LogP contribution in [-0.2, 0) is 16.0 Å². The van der Waals surface area contributed by atoms with Gasteiger partial charge in [0.05, 0.1) is 18.1 Å². The molecule has 38 heavy (non-hydrogen) atoms. The zero-order chi connectivity index (χ0) is 27.4. The van der Waals surface area contributed by atoms with Crippen molar-refractivity contribution in [1.29, 1.82) is 0 Å². The topological polar surface area (TPSA) is 93.0 Å². The molecular formula is C29H31N3O5S. The second kappa shape index (κ2) is 11.2. The Morgan fingerprint density at radius 2 is 1.82 bits per heavy atom. The molecule has 8 nitrogen and oxygen atoms in total. The van der Waals surface area contributed by atoms with Crippen molar-refractivity contribution in [3.8, 4) is 5.75 Å². The molecular weight excluding hydrogens is 502 g/mol. The summed E-state index contributed by atoms with van der Waals surface area (Å²) >= 11 is 1.70. The highest BCUT2D eigenvalue weighted by molar-refractivity contribution is 7.10. The summed E-state index contributed by atoms with van der Waals surface area (Å²) in [6.07, 6.45) is 3.79. The Labute approximate surface area is 226 Å². The van der Waals surface area contributed by atoms with E-state index in [1.807, 2.05) is 49.9 Å². The lowest BCUT2D eigenvalue weighted by Crippen LogP contribution is -2.52. The average molecular weight is 534 g/mol. The van der Waals surface area contributed by atoms with Crippen molar-refractivity contribution in [3.63, 3.8) is 0 Å². The Balaban J connectivity index is 1.56. The third-order valence-electron chi connectivity index (χ3n) is 6.61. The summed E-state index contributed by atoms with van der Waals surface area (Å²) in [4.78, 5) is 42.2. The first-order valence-electron chi connectivity index (χ1n) is 12.3. The van der Waals surface area contributed by atoms with Crippen LogP contribution < -0.4 is 4.74 Å². The molecule has 2 heterocycles. The van der Waals surface area contributed by atoms with Gasteiger partial charge in [-0.1, -0.05) is 12.1 Å². The Morgan fingerprint density at radius 1 is 1.13 bits per heavy atom. The first kappa shape index (κ1) is 27.1. The fraction of sp³-hybridized carbons (Fsp3) is 0.310. The van der Waals surface area contributed by atoms with Crippen molar-refractivity contribution < 1.29 is 19.2 Å². The van der Waals surface area contributed by atoms with E-state index in [9.17, 15) is 19.7 Å². The predicted octanol–water partition coefficient (Wildman–Crippen LogP) is 5.48. The summed E-state index contributed by atoms with van der Waals surface area (Å²) < 4.78 is 5.31.